The monoisotopic (exact) mass is 444 g/mol. The van der Waals surface area contributed by atoms with Gasteiger partial charge in [0.25, 0.3) is 5.91 Å². The lowest BCUT2D eigenvalue weighted by molar-refractivity contribution is 0.0451. The van der Waals surface area contributed by atoms with Crippen molar-refractivity contribution in [3.63, 3.8) is 0 Å². The molecule has 8 heteroatoms. The Labute approximate surface area is 193 Å². The molecule has 1 N–H and O–H groups in total. The van der Waals surface area contributed by atoms with Crippen molar-refractivity contribution in [2.45, 2.75) is 33.2 Å². The van der Waals surface area contributed by atoms with Crippen LogP contribution in [0.5, 0.6) is 5.88 Å². The molecule has 0 bridgehead atoms. The maximum absolute atomic E-state index is 12.9. The Balaban J connectivity index is 1.50. The van der Waals surface area contributed by atoms with E-state index in [2.05, 4.69) is 41.8 Å². The number of benzene rings is 1. The van der Waals surface area contributed by atoms with E-state index in [0.29, 0.717) is 35.6 Å². The van der Waals surface area contributed by atoms with Crippen LogP contribution < -0.4 is 0 Å². The summed E-state index contributed by atoms with van der Waals surface area (Å²) in [4.78, 5) is 21.5. The fourth-order valence-electron chi connectivity index (χ4n) is 4.14. The van der Waals surface area contributed by atoms with Crippen LogP contribution in [0.4, 0.5) is 0 Å². The fourth-order valence-corrected chi connectivity index (χ4v) is 4.14. The van der Waals surface area contributed by atoms with E-state index in [1.165, 1.54) is 10.9 Å². The molecule has 3 heterocycles. The first-order chi connectivity index (χ1) is 15.7. The number of aryl methyl sites for hydroxylation is 1. The SMILES string of the molecule is Cc1cc(C#N)ccc1-c1cnn(-c2ccc(C(=O)N3CCN(C(C)(C)C)CC3)cn2)c1O. The van der Waals surface area contributed by atoms with Crippen molar-refractivity contribution in [1.29, 1.82) is 5.26 Å². The summed E-state index contributed by atoms with van der Waals surface area (Å²) in [7, 11) is 0. The lowest BCUT2D eigenvalue weighted by atomic mass is 10.0. The zero-order chi connectivity index (χ0) is 23.8. The molecule has 0 atom stereocenters. The third-order valence-corrected chi connectivity index (χ3v) is 6.12. The van der Waals surface area contributed by atoms with Crippen LogP contribution in [0.1, 0.15) is 42.3 Å². The molecule has 0 saturated carbocycles. The molecule has 1 fully saturated rings. The maximum atomic E-state index is 12.9. The Morgan fingerprint density at radius 2 is 1.79 bits per heavy atom. The van der Waals surface area contributed by atoms with Crippen LogP contribution >= 0.6 is 0 Å². The number of pyridine rings is 1. The molecule has 1 aliphatic rings. The minimum Gasteiger partial charge on any atom is -0.493 e. The number of hydrogen-bond acceptors (Lipinski definition) is 6. The molecule has 1 amide bonds. The molecule has 4 rings (SSSR count). The second-order valence-corrected chi connectivity index (χ2v) is 9.29. The van der Waals surface area contributed by atoms with Gasteiger partial charge in [-0.3, -0.25) is 9.69 Å². The number of nitrogens with zero attached hydrogens (tertiary/aromatic N) is 6. The van der Waals surface area contributed by atoms with Crippen LogP contribution in [0.25, 0.3) is 16.9 Å². The van der Waals surface area contributed by atoms with Gasteiger partial charge >= 0.3 is 0 Å². The van der Waals surface area contributed by atoms with Crippen molar-refractivity contribution in [2.75, 3.05) is 26.2 Å². The Morgan fingerprint density at radius 3 is 2.36 bits per heavy atom. The number of hydrogen-bond donors (Lipinski definition) is 1. The normalized spacial score (nSPS) is 14.8. The van der Waals surface area contributed by atoms with E-state index in [1.54, 1.807) is 36.5 Å². The van der Waals surface area contributed by atoms with Gasteiger partial charge in [0.1, 0.15) is 0 Å². The number of aromatic nitrogens is 3. The number of piperazine rings is 1. The third-order valence-electron chi connectivity index (χ3n) is 6.12. The minimum absolute atomic E-state index is 0.0406. The highest BCUT2D eigenvalue weighted by Gasteiger charge is 2.28. The summed E-state index contributed by atoms with van der Waals surface area (Å²) in [5, 5.41) is 24.1. The number of nitriles is 1. The quantitative estimate of drug-likeness (QED) is 0.665. The fraction of sp³-hybridized carbons (Fsp3) is 0.360. The van der Waals surface area contributed by atoms with Gasteiger partial charge in [0, 0.05) is 37.9 Å². The maximum Gasteiger partial charge on any atom is 0.255 e. The van der Waals surface area contributed by atoms with E-state index >= 15 is 0 Å². The molecule has 0 unspecified atom stereocenters. The first-order valence-corrected chi connectivity index (χ1v) is 11.0. The second kappa shape index (κ2) is 8.68. The number of carbonyl (C=O) groups excluding carboxylic acids is 1. The topological polar surface area (TPSA) is 98.3 Å². The minimum atomic E-state index is -0.0484. The summed E-state index contributed by atoms with van der Waals surface area (Å²) in [5.74, 6) is 0.327. The smallest absolute Gasteiger partial charge is 0.255 e. The summed E-state index contributed by atoms with van der Waals surface area (Å²) in [5.41, 5.74) is 3.38. The van der Waals surface area contributed by atoms with Gasteiger partial charge in [-0.25, -0.2) is 4.98 Å². The Morgan fingerprint density at radius 1 is 1.06 bits per heavy atom. The molecule has 0 spiro atoms. The molecule has 1 saturated heterocycles. The van der Waals surface area contributed by atoms with Crippen LogP contribution in [-0.2, 0) is 0 Å². The number of aromatic hydroxyl groups is 1. The Bertz CT molecular complexity index is 1210. The van der Waals surface area contributed by atoms with E-state index in [1.807, 2.05) is 11.8 Å². The molecule has 33 heavy (non-hydrogen) atoms. The largest absolute Gasteiger partial charge is 0.493 e. The first kappa shape index (κ1) is 22.5. The number of amides is 1. The molecular weight excluding hydrogens is 416 g/mol. The summed E-state index contributed by atoms with van der Waals surface area (Å²) >= 11 is 0. The van der Waals surface area contributed by atoms with Crippen molar-refractivity contribution in [3.05, 3.63) is 59.4 Å². The van der Waals surface area contributed by atoms with Crippen LogP contribution in [0.15, 0.2) is 42.7 Å². The molecule has 1 aliphatic heterocycles. The van der Waals surface area contributed by atoms with E-state index in [-0.39, 0.29) is 17.3 Å². The van der Waals surface area contributed by atoms with E-state index in [4.69, 9.17) is 5.26 Å². The van der Waals surface area contributed by atoms with Gasteiger partial charge in [-0.1, -0.05) is 6.07 Å². The van der Waals surface area contributed by atoms with Gasteiger partial charge in [-0.2, -0.15) is 15.0 Å². The molecule has 1 aromatic carbocycles. The number of rotatable bonds is 3. The van der Waals surface area contributed by atoms with Crippen molar-refractivity contribution in [2.24, 2.45) is 0 Å². The molecule has 3 aromatic rings. The molecule has 170 valence electrons. The lowest BCUT2D eigenvalue weighted by Gasteiger charge is -2.42. The summed E-state index contributed by atoms with van der Waals surface area (Å²) in [6.45, 7) is 11.5. The van der Waals surface area contributed by atoms with Gasteiger partial charge < -0.3 is 10.0 Å². The van der Waals surface area contributed by atoms with Gasteiger partial charge in [-0.05, 0) is 63.1 Å². The molecule has 0 radical (unpaired) electrons. The Hall–Kier alpha value is -3.70. The second-order valence-electron chi connectivity index (χ2n) is 9.29. The van der Waals surface area contributed by atoms with E-state index in [0.717, 1.165) is 24.2 Å². The molecule has 8 nitrogen and oxygen atoms in total. The molecule has 2 aromatic heterocycles. The standard InChI is InChI=1S/C25H28N6O2/c1-17-13-18(14-26)5-7-20(17)21-16-28-31(24(21)33)22-8-6-19(15-27-22)23(32)29-9-11-30(12-10-29)25(2,3)4/h5-8,13,15-16,33H,9-12H2,1-4H3. The zero-order valence-electron chi connectivity index (χ0n) is 19.4. The average molecular weight is 445 g/mol. The lowest BCUT2D eigenvalue weighted by Crippen LogP contribution is -2.54. The van der Waals surface area contributed by atoms with E-state index < -0.39 is 0 Å². The average Bonchev–Trinajstić information content (AvgIpc) is 3.19. The van der Waals surface area contributed by atoms with E-state index in [9.17, 15) is 9.90 Å². The highest BCUT2D eigenvalue weighted by atomic mass is 16.3. The van der Waals surface area contributed by atoms with Crippen LogP contribution in [0, 0.1) is 18.3 Å². The van der Waals surface area contributed by atoms with Crippen LogP contribution in [0.2, 0.25) is 0 Å². The summed E-state index contributed by atoms with van der Waals surface area (Å²) in [6.07, 6.45) is 3.10. The van der Waals surface area contributed by atoms with Crippen molar-refractivity contribution in [1.82, 2.24) is 24.6 Å². The Kier molecular flexibility index (Phi) is 5.91. The predicted molar refractivity (Wildman–Crippen MR) is 125 cm³/mol. The van der Waals surface area contributed by atoms with Crippen LogP contribution in [-0.4, -0.2) is 67.3 Å². The summed E-state index contributed by atoms with van der Waals surface area (Å²) in [6, 6.07) is 10.8. The zero-order valence-corrected chi connectivity index (χ0v) is 19.4. The van der Waals surface area contributed by atoms with Gasteiger partial charge in [-0.15, -0.1) is 0 Å². The highest BCUT2D eigenvalue weighted by Crippen LogP contribution is 2.33. The predicted octanol–water partition coefficient (Wildman–Crippen LogP) is 3.38. The van der Waals surface area contributed by atoms with Gasteiger partial charge in [0.15, 0.2) is 5.82 Å². The first-order valence-electron chi connectivity index (χ1n) is 11.0. The molecular formula is C25H28N6O2. The highest BCUT2D eigenvalue weighted by molar-refractivity contribution is 5.94. The van der Waals surface area contributed by atoms with Crippen LogP contribution in [0.3, 0.4) is 0 Å². The van der Waals surface area contributed by atoms with Crippen molar-refractivity contribution >= 4 is 5.91 Å². The number of carbonyl (C=O) groups is 1. The van der Waals surface area contributed by atoms with Crippen molar-refractivity contribution in [3.8, 4) is 28.9 Å². The third kappa shape index (κ3) is 4.45. The molecule has 0 aliphatic carbocycles. The van der Waals surface area contributed by atoms with Crippen molar-refractivity contribution < 1.29 is 9.90 Å². The van der Waals surface area contributed by atoms with Gasteiger partial charge in [0.05, 0.1) is 29.0 Å². The summed E-state index contributed by atoms with van der Waals surface area (Å²) < 4.78 is 1.34. The van der Waals surface area contributed by atoms with Gasteiger partial charge in [0.2, 0.25) is 5.88 Å².